The van der Waals surface area contributed by atoms with Crippen LogP contribution in [0.15, 0.2) is 83.8 Å². The lowest BCUT2D eigenvalue weighted by molar-refractivity contribution is -0.136. The zero-order valence-corrected chi connectivity index (χ0v) is 16.3. The summed E-state index contributed by atoms with van der Waals surface area (Å²) in [6, 6.07) is 18.5. The summed E-state index contributed by atoms with van der Waals surface area (Å²) in [5.74, 6) is -0.855. The van der Waals surface area contributed by atoms with Crippen LogP contribution >= 0.6 is 0 Å². The van der Waals surface area contributed by atoms with Crippen LogP contribution in [0.5, 0.6) is 0 Å². The van der Waals surface area contributed by atoms with Crippen molar-refractivity contribution < 1.29 is 26.4 Å². The van der Waals surface area contributed by atoms with E-state index in [1.807, 2.05) is 0 Å². The zero-order valence-electron chi connectivity index (χ0n) is 15.5. The van der Waals surface area contributed by atoms with Gasteiger partial charge in [-0.1, -0.05) is 48.5 Å². The van der Waals surface area contributed by atoms with Crippen molar-refractivity contribution >= 4 is 21.6 Å². The molecule has 156 valence electrons. The van der Waals surface area contributed by atoms with Gasteiger partial charge < -0.3 is 5.32 Å². The number of sulfonamides is 1. The van der Waals surface area contributed by atoms with Crippen LogP contribution in [0.1, 0.15) is 21.5 Å². The predicted octanol–water partition coefficient (Wildman–Crippen LogP) is 4.44. The van der Waals surface area contributed by atoms with Gasteiger partial charge in [0.2, 0.25) is 10.0 Å². The molecular formula is C21H17F3N2O3S. The number of amides is 1. The first-order valence-electron chi connectivity index (χ1n) is 8.78. The van der Waals surface area contributed by atoms with Crippen molar-refractivity contribution in [3.05, 3.63) is 95.6 Å². The molecule has 0 fully saturated rings. The third-order valence-corrected chi connectivity index (χ3v) is 5.60. The third kappa shape index (κ3) is 5.25. The maximum absolute atomic E-state index is 13.1. The monoisotopic (exact) mass is 434 g/mol. The molecule has 9 heteroatoms. The molecule has 0 aliphatic heterocycles. The highest BCUT2D eigenvalue weighted by Gasteiger charge is 2.33. The Morgan fingerprint density at radius 3 is 2.23 bits per heavy atom. The molecule has 0 unspecified atom stereocenters. The van der Waals surface area contributed by atoms with Gasteiger partial charge in [-0.25, -0.2) is 13.1 Å². The first kappa shape index (κ1) is 21.5. The summed E-state index contributed by atoms with van der Waals surface area (Å²) < 4.78 is 66.8. The van der Waals surface area contributed by atoms with Crippen LogP contribution in [0.25, 0.3) is 0 Å². The van der Waals surface area contributed by atoms with Crippen LogP contribution in [0.3, 0.4) is 0 Å². The number of carbonyl (C=O) groups is 1. The van der Waals surface area contributed by atoms with Crippen LogP contribution < -0.4 is 10.0 Å². The van der Waals surface area contributed by atoms with Crippen molar-refractivity contribution in [2.75, 3.05) is 5.32 Å². The van der Waals surface area contributed by atoms with Crippen molar-refractivity contribution in [3.63, 3.8) is 0 Å². The van der Waals surface area contributed by atoms with Gasteiger partial charge in [-0.2, -0.15) is 13.2 Å². The van der Waals surface area contributed by atoms with E-state index < -0.39 is 33.4 Å². The summed E-state index contributed by atoms with van der Waals surface area (Å²) in [6.07, 6.45) is -4.64. The Labute approximate surface area is 171 Å². The number of carbonyl (C=O) groups excluding carboxylic acids is 1. The van der Waals surface area contributed by atoms with E-state index >= 15 is 0 Å². The largest absolute Gasteiger partial charge is 0.418 e. The summed E-state index contributed by atoms with van der Waals surface area (Å²) in [5, 5.41) is 2.20. The highest BCUT2D eigenvalue weighted by Crippen LogP contribution is 2.34. The predicted molar refractivity (Wildman–Crippen MR) is 106 cm³/mol. The number of hydrogen-bond acceptors (Lipinski definition) is 3. The van der Waals surface area contributed by atoms with E-state index in [0.717, 1.165) is 23.8 Å². The molecule has 1 amide bonds. The number of benzene rings is 3. The van der Waals surface area contributed by atoms with E-state index in [4.69, 9.17) is 0 Å². The number of anilines is 1. The average Bonchev–Trinajstić information content (AvgIpc) is 2.73. The van der Waals surface area contributed by atoms with Gasteiger partial charge in [0.25, 0.3) is 5.91 Å². The Morgan fingerprint density at radius 2 is 1.53 bits per heavy atom. The fraction of sp³-hybridized carbons (Fsp3) is 0.0952. The van der Waals surface area contributed by atoms with Gasteiger partial charge >= 0.3 is 6.18 Å². The minimum Gasteiger partial charge on any atom is -0.321 e. The maximum Gasteiger partial charge on any atom is 0.418 e. The molecule has 0 aliphatic rings. The lowest BCUT2D eigenvalue weighted by atomic mass is 10.1. The van der Waals surface area contributed by atoms with Crippen molar-refractivity contribution in [1.82, 2.24) is 4.72 Å². The molecular weight excluding hydrogens is 417 g/mol. The Hall–Kier alpha value is -3.17. The van der Waals surface area contributed by atoms with E-state index in [9.17, 15) is 26.4 Å². The fourth-order valence-corrected chi connectivity index (χ4v) is 3.76. The highest BCUT2D eigenvalue weighted by molar-refractivity contribution is 7.89. The summed E-state index contributed by atoms with van der Waals surface area (Å²) in [7, 11) is -3.93. The zero-order chi connectivity index (χ0) is 21.8. The van der Waals surface area contributed by atoms with Gasteiger partial charge in [-0.15, -0.1) is 0 Å². The Bertz CT molecular complexity index is 1150. The number of para-hydroxylation sites is 1. The van der Waals surface area contributed by atoms with Crippen LogP contribution in [-0.4, -0.2) is 14.3 Å². The second-order valence-electron chi connectivity index (χ2n) is 6.34. The van der Waals surface area contributed by atoms with Gasteiger partial charge in [0.15, 0.2) is 0 Å². The number of rotatable bonds is 6. The molecule has 0 spiro atoms. The Morgan fingerprint density at radius 1 is 0.867 bits per heavy atom. The molecule has 0 atom stereocenters. The molecule has 5 nitrogen and oxygen atoms in total. The summed E-state index contributed by atoms with van der Waals surface area (Å²) in [6.45, 7) is 0.0541. The average molecular weight is 434 g/mol. The van der Waals surface area contributed by atoms with Crippen molar-refractivity contribution in [1.29, 1.82) is 0 Å². The molecule has 3 rings (SSSR count). The molecule has 0 aromatic heterocycles. The number of hydrogen-bond donors (Lipinski definition) is 2. The SMILES string of the molecule is O=C(Nc1ccccc1C(F)(F)F)c1cccc(S(=O)(=O)NCc2ccccc2)c1. The molecule has 2 N–H and O–H groups in total. The topological polar surface area (TPSA) is 75.3 Å². The fourth-order valence-electron chi connectivity index (χ4n) is 2.70. The van der Waals surface area contributed by atoms with Crippen LogP contribution in [0.2, 0.25) is 0 Å². The van der Waals surface area contributed by atoms with Crippen LogP contribution in [0, 0.1) is 0 Å². The molecule has 30 heavy (non-hydrogen) atoms. The van der Waals surface area contributed by atoms with Crippen molar-refractivity contribution in [2.45, 2.75) is 17.6 Å². The lowest BCUT2D eigenvalue weighted by Gasteiger charge is -2.14. The lowest BCUT2D eigenvalue weighted by Crippen LogP contribution is -2.24. The van der Waals surface area contributed by atoms with E-state index in [0.29, 0.717) is 0 Å². The molecule has 0 saturated carbocycles. The number of halogens is 3. The third-order valence-electron chi connectivity index (χ3n) is 4.20. The second kappa shape index (κ2) is 8.68. The number of alkyl halides is 3. The maximum atomic E-state index is 13.1. The van der Waals surface area contributed by atoms with Gasteiger partial charge in [0.05, 0.1) is 16.1 Å². The standard InChI is InChI=1S/C21H17F3N2O3S/c22-21(23,24)18-11-4-5-12-19(18)26-20(27)16-9-6-10-17(13-16)30(28,29)25-14-15-7-2-1-3-8-15/h1-13,25H,14H2,(H,26,27). The molecule has 0 radical (unpaired) electrons. The number of nitrogens with one attached hydrogen (secondary N) is 2. The summed E-state index contributed by atoms with van der Waals surface area (Å²) in [5.41, 5.74) is -0.745. The van der Waals surface area contributed by atoms with Gasteiger partial charge in [-0.05, 0) is 35.9 Å². The van der Waals surface area contributed by atoms with E-state index in [1.165, 1.54) is 30.3 Å². The van der Waals surface area contributed by atoms with Gasteiger partial charge in [-0.3, -0.25) is 4.79 Å². The minimum absolute atomic E-state index is 0.0541. The minimum atomic E-state index is -4.64. The highest BCUT2D eigenvalue weighted by atomic mass is 32.2. The van der Waals surface area contributed by atoms with Crippen LogP contribution in [-0.2, 0) is 22.7 Å². The summed E-state index contributed by atoms with van der Waals surface area (Å²) >= 11 is 0. The van der Waals surface area contributed by atoms with E-state index in [1.54, 1.807) is 30.3 Å². The van der Waals surface area contributed by atoms with Crippen molar-refractivity contribution in [2.24, 2.45) is 0 Å². The normalized spacial score (nSPS) is 11.8. The van der Waals surface area contributed by atoms with Crippen molar-refractivity contribution in [3.8, 4) is 0 Å². The van der Waals surface area contributed by atoms with E-state index in [-0.39, 0.29) is 17.0 Å². The second-order valence-corrected chi connectivity index (χ2v) is 8.10. The molecule has 3 aromatic rings. The van der Waals surface area contributed by atoms with Gasteiger partial charge in [0.1, 0.15) is 0 Å². The smallest absolute Gasteiger partial charge is 0.321 e. The Balaban J connectivity index is 1.79. The molecule has 0 aliphatic carbocycles. The summed E-state index contributed by atoms with van der Waals surface area (Å²) in [4.78, 5) is 12.3. The molecule has 0 heterocycles. The first-order valence-corrected chi connectivity index (χ1v) is 10.3. The van der Waals surface area contributed by atoms with Gasteiger partial charge in [0, 0.05) is 12.1 Å². The Kier molecular flexibility index (Phi) is 6.23. The molecule has 0 saturated heterocycles. The van der Waals surface area contributed by atoms with E-state index in [2.05, 4.69) is 10.0 Å². The quantitative estimate of drug-likeness (QED) is 0.603. The van der Waals surface area contributed by atoms with Crippen LogP contribution in [0.4, 0.5) is 18.9 Å². The first-order chi connectivity index (χ1) is 14.2. The molecule has 0 bridgehead atoms. The molecule has 3 aromatic carbocycles.